The van der Waals surface area contributed by atoms with Gasteiger partial charge in [0.05, 0.1) is 0 Å². The molecule has 0 unspecified atom stereocenters. The van der Waals surface area contributed by atoms with Crippen LogP contribution in [0, 0.1) is 0 Å². The third kappa shape index (κ3) is 14.3. The van der Waals surface area contributed by atoms with Gasteiger partial charge in [-0.3, -0.25) is 0 Å². The third-order valence-corrected chi connectivity index (χ3v) is 2.14. The van der Waals surface area contributed by atoms with Gasteiger partial charge in [0.25, 0.3) is 0 Å². The van der Waals surface area contributed by atoms with E-state index in [1.54, 1.807) is 0 Å². The Bertz CT molecular complexity index is 166. The maximum atomic E-state index is 10.2. The zero-order valence-corrected chi connectivity index (χ0v) is 10.7. The van der Waals surface area contributed by atoms with Crippen LogP contribution in [0.2, 0.25) is 0 Å². The fourth-order valence-corrected chi connectivity index (χ4v) is 1.20. The molecule has 0 amide bonds. The summed E-state index contributed by atoms with van der Waals surface area (Å²) in [6, 6.07) is 0. The van der Waals surface area contributed by atoms with E-state index >= 15 is 0 Å². The molecule has 0 saturated heterocycles. The SMILES string of the molecule is [O]=[Ti]([OH])[O]CCOCCOCCOCCO. The molecule has 0 aliphatic rings. The van der Waals surface area contributed by atoms with Crippen molar-refractivity contribution in [2.24, 2.45) is 0 Å². The van der Waals surface area contributed by atoms with Crippen LogP contribution in [0.1, 0.15) is 0 Å². The second kappa shape index (κ2) is 13.3. The van der Waals surface area contributed by atoms with E-state index < -0.39 is 18.6 Å². The van der Waals surface area contributed by atoms with Gasteiger partial charge in [0.1, 0.15) is 0 Å². The van der Waals surface area contributed by atoms with E-state index in [4.69, 9.17) is 23.0 Å². The van der Waals surface area contributed by atoms with Crippen LogP contribution in [0.4, 0.5) is 0 Å². The van der Waals surface area contributed by atoms with Gasteiger partial charge in [-0.2, -0.15) is 0 Å². The Morgan fingerprint density at radius 1 is 0.812 bits per heavy atom. The molecule has 0 fully saturated rings. The zero-order chi connectivity index (χ0) is 12.1. The molecule has 0 aromatic rings. The summed E-state index contributed by atoms with van der Waals surface area (Å²) in [6.07, 6.45) is 0. The van der Waals surface area contributed by atoms with Gasteiger partial charge in [-0.25, -0.2) is 0 Å². The van der Waals surface area contributed by atoms with E-state index in [0.717, 1.165) is 0 Å². The summed E-state index contributed by atoms with van der Waals surface area (Å²) in [7, 11) is 0. The van der Waals surface area contributed by atoms with Crippen LogP contribution in [0.5, 0.6) is 0 Å². The summed E-state index contributed by atoms with van der Waals surface area (Å²) < 4.78 is 38.2. The van der Waals surface area contributed by atoms with Crippen LogP contribution < -0.4 is 0 Å². The fraction of sp³-hybridized carbons (Fsp3) is 1.00. The summed E-state index contributed by atoms with van der Waals surface area (Å²) in [6.45, 7) is 2.48. The molecule has 8 heteroatoms. The van der Waals surface area contributed by atoms with Crippen molar-refractivity contribution in [3.05, 3.63) is 0 Å². The summed E-state index contributed by atoms with van der Waals surface area (Å²) in [5.74, 6) is 0. The second-order valence-corrected chi connectivity index (χ2v) is 3.96. The fourth-order valence-electron chi connectivity index (χ4n) is 0.794. The second-order valence-electron chi connectivity index (χ2n) is 2.68. The van der Waals surface area contributed by atoms with Gasteiger partial charge in [-0.1, -0.05) is 0 Å². The summed E-state index contributed by atoms with van der Waals surface area (Å²) in [5, 5.41) is 8.39. The monoisotopic (exact) mass is 274 g/mol. The van der Waals surface area contributed by atoms with Crippen molar-refractivity contribution in [3.63, 3.8) is 0 Å². The molecule has 0 aromatic heterocycles. The van der Waals surface area contributed by atoms with Crippen molar-refractivity contribution in [2.75, 3.05) is 52.9 Å². The Hall–Kier alpha value is 0.274. The smallest absolute Gasteiger partial charge is 0.394 e. The molecule has 2 N–H and O–H groups in total. The minimum absolute atomic E-state index is 0.0126. The van der Waals surface area contributed by atoms with E-state index in [1.165, 1.54) is 0 Å². The molecule has 96 valence electrons. The summed E-state index contributed by atoms with van der Waals surface area (Å²) >= 11 is -3.38. The van der Waals surface area contributed by atoms with Crippen LogP contribution in [-0.4, -0.2) is 61.6 Å². The number of hydrogen-bond acceptors (Lipinski definition) is 6. The van der Waals surface area contributed by atoms with Crippen molar-refractivity contribution < 1.29 is 48.3 Å². The molecule has 0 aliphatic carbocycles. The number of hydrogen-bond donors (Lipinski definition) is 2. The van der Waals surface area contributed by atoms with Crippen molar-refractivity contribution in [1.82, 2.24) is 0 Å². The molecule has 0 bridgehead atoms. The van der Waals surface area contributed by atoms with Crippen LogP contribution >= 0.6 is 0 Å². The number of rotatable bonds is 12. The van der Waals surface area contributed by atoms with Gasteiger partial charge in [0, 0.05) is 0 Å². The van der Waals surface area contributed by atoms with Crippen LogP contribution in [0.15, 0.2) is 0 Å². The van der Waals surface area contributed by atoms with Gasteiger partial charge in [0.2, 0.25) is 0 Å². The van der Waals surface area contributed by atoms with Crippen LogP contribution in [0.3, 0.4) is 0 Å². The van der Waals surface area contributed by atoms with Crippen LogP contribution in [0.25, 0.3) is 0 Å². The average molecular weight is 274 g/mol. The number of aliphatic hydroxyl groups is 1. The minimum Gasteiger partial charge on any atom is -0.394 e. The predicted molar refractivity (Wildman–Crippen MR) is 48.4 cm³/mol. The molecular weight excluding hydrogens is 256 g/mol. The van der Waals surface area contributed by atoms with E-state index in [2.05, 4.69) is 3.32 Å². The van der Waals surface area contributed by atoms with Crippen LogP contribution in [-0.2, 0) is 39.5 Å². The van der Waals surface area contributed by atoms with Crippen molar-refractivity contribution in [1.29, 1.82) is 0 Å². The standard InChI is InChI=1S/C8H17O5.H2O.O.Ti/c9-1-3-11-5-7-13-8-6-12-4-2-10;;;/h9H,1-8H2;1H2;;/q-1;;;+2/p-1. The molecule has 16 heavy (non-hydrogen) atoms. The molecule has 7 nitrogen and oxygen atoms in total. The van der Waals surface area contributed by atoms with Crippen molar-refractivity contribution >= 4 is 0 Å². The van der Waals surface area contributed by atoms with E-state index in [-0.39, 0.29) is 19.8 Å². The molecule has 0 radical (unpaired) electrons. The minimum atomic E-state index is -3.38. The zero-order valence-electron chi connectivity index (χ0n) is 9.09. The number of aliphatic hydroxyl groups excluding tert-OH is 1. The normalized spacial score (nSPS) is 10.6. The first-order valence-electron chi connectivity index (χ1n) is 4.97. The third-order valence-electron chi connectivity index (χ3n) is 1.43. The average Bonchev–Trinajstić information content (AvgIpc) is 2.25. The van der Waals surface area contributed by atoms with Gasteiger partial charge in [-0.05, 0) is 0 Å². The van der Waals surface area contributed by atoms with Crippen molar-refractivity contribution in [3.8, 4) is 0 Å². The summed E-state index contributed by atoms with van der Waals surface area (Å²) in [4.78, 5) is 0. The molecule has 0 spiro atoms. The molecular formula is C8H18O7Ti. The van der Waals surface area contributed by atoms with Gasteiger partial charge in [0.15, 0.2) is 0 Å². The first kappa shape index (κ1) is 16.3. The van der Waals surface area contributed by atoms with E-state index in [9.17, 15) is 3.32 Å². The first-order chi connectivity index (χ1) is 7.77. The number of ether oxygens (including phenoxy) is 3. The Kier molecular flexibility index (Phi) is 13.6. The molecule has 0 atom stereocenters. The Morgan fingerprint density at radius 3 is 1.69 bits per heavy atom. The topological polar surface area (TPSA) is 94.5 Å². The van der Waals surface area contributed by atoms with E-state index in [1.807, 2.05) is 0 Å². The molecule has 0 rings (SSSR count). The maximum absolute atomic E-state index is 10.2. The Labute approximate surface area is 101 Å². The first-order valence-corrected chi connectivity index (χ1v) is 6.94. The predicted octanol–water partition coefficient (Wildman–Crippen LogP) is -1.17. The van der Waals surface area contributed by atoms with Gasteiger partial charge < -0.3 is 5.11 Å². The molecule has 0 heterocycles. The molecule has 0 aromatic carbocycles. The molecule has 0 saturated carbocycles. The quantitative estimate of drug-likeness (QED) is 0.342. The van der Waals surface area contributed by atoms with Gasteiger partial charge >= 0.3 is 96.0 Å². The Morgan fingerprint density at radius 2 is 1.25 bits per heavy atom. The molecule has 0 aliphatic heterocycles. The Balaban J connectivity index is 2.90. The van der Waals surface area contributed by atoms with Crippen molar-refractivity contribution in [2.45, 2.75) is 0 Å². The summed E-state index contributed by atoms with van der Waals surface area (Å²) in [5.41, 5.74) is 0. The van der Waals surface area contributed by atoms with E-state index in [0.29, 0.717) is 33.0 Å². The van der Waals surface area contributed by atoms with Gasteiger partial charge in [-0.15, -0.1) is 0 Å².